The van der Waals surface area contributed by atoms with Crippen LogP contribution in [0.1, 0.15) is 31.2 Å². The first-order valence-corrected chi connectivity index (χ1v) is 9.09. The average Bonchev–Trinajstić information content (AvgIpc) is 2.58. The number of amides is 2. The van der Waals surface area contributed by atoms with E-state index in [0.717, 1.165) is 18.2 Å². The average molecular weight is 376 g/mol. The van der Waals surface area contributed by atoms with E-state index in [0.29, 0.717) is 5.16 Å². The van der Waals surface area contributed by atoms with Crippen LogP contribution in [0.4, 0.5) is 15.9 Å². The van der Waals surface area contributed by atoms with E-state index in [4.69, 9.17) is 0 Å². The summed E-state index contributed by atoms with van der Waals surface area (Å²) >= 11 is 1.36. The number of fused-ring (bicyclic) bond motifs is 1. The minimum Gasteiger partial charge on any atom is -0.325 e. The number of aromatic amines is 1. The summed E-state index contributed by atoms with van der Waals surface area (Å²) in [5.41, 5.74) is -0.102. The zero-order valence-electron chi connectivity index (χ0n) is 14.0. The van der Waals surface area contributed by atoms with E-state index < -0.39 is 29.1 Å². The molecule has 0 fully saturated rings. The number of hydrogen-bond acceptors (Lipinski definition) is 5. The minimum atomic E-state index is -0.997. The number of nitrogens with one attached hydrogen (secondary N) is 3. The molecule has 3 rings (SSSR count). The van der Waals surface area contributed by atoms with Crippen molar-refractivity contribution in [3.8, 4) is 0 Å². The summed E-state index contributed by atoms with van der Waals surface area (Å²) in [5, 5.41) is 5.49. The second-order valence-electron chi connectivity index (χ2n) is 5.79. The van der Waals surface area contributed by atoms with Crippen molar-refractivity contribution in [2.45, 2.75) is 30.8 Å². The highest BCUT2D eigenvalue weighted by molar-refractivity contribution is 7.99. The van der Waals surface area contributed by atoms with Gasteiger partial charge in [-0.1, -0.05) is 24.8 Å². The summed E-state index contributed by atoms with van der Waals surface area (Å²) in [7, 11) is 0. The molecule has 1 unspecified atom stereocenters. The Morgan fingerprint density at radius 1 is 1.42 bits per heavy atom. The highest BCUT2D eigenvalue weighted by atomic mass is 32.2. The van der Waals surface area contributed by atoms with Gasteiger partial charge in [0, 0.05) is 17.9 Å². The maximum Gasteiger partial charge on any atom is 0.257 e. The number of nitrogens with zero attached hydrogens (tertiary/aromatic N) is 1. The number of carbonyl (C=O) groups excluding carboxylic acids is 2. The van der Waals surface area contributed by atoms with Crippen molar-refractivity contribution < 1.29 is 14.0 Å². The van der Waals surface area contributed by atoms with Gasteiger partial charge < -0.3 is 15.6 Å². The highest BCUT2D eigenvalue weighted by Crippen LogP contribution is 2.30. The second-order valence-corrected chi connectivity index (χ2v) is 6.87. The van der Waals surface area contributed by atoms with Crippen molar-refractivity contribution in [3.63, 3.8) is 0 Å². The van der Waals surface area contributed by atoms with Gasteiger partial charge in [0.15, 0.2) is 5.16 Å². The van der Waals surface area contributed by atoms with Gasteiger partial charge in [0.1, 0.15) is 11.6 Å². The third-order valence-corrected chi connectivity index (χ3v) is 4.86. The molecule has 26 heavy (non-hydrogen) atoms. The Kier molecular flexibility index (Phi) is 5.36. The molecule has 0 radical (unpaired) electrons. The standard InChI is InChI=1S/C17H17FN4O3S/c1-2-6-26-17-21-14-13(16(25)22-17)11(8-12(23)20-14)15(24)19-10-5-3-4-9(18)7-10/h3-5,7,11H,2,6,8H2,1H3,(H,19,24)(H2,20,21,22,23,25). The predicted molar refractivity (Wildman–Crippen MR) is 96.9 cm³/mol. The van der Waals surface area contributed by atoms with E-state index >= 15 is 0 Å². The molecule has 1 aliphatic rings. The zero-order valence-corrected chi connectivity index (χ0v) is 14.8. The normalized spacial score (nSPS) is 15.9. The Bertz CT molecular complexity index is 915. The van der Waals surface area contributed by atoms with Crippen LogP contribution >= 0.6 is 11.8 Å². The monoisotopic (exact) mass is 376 g/mol. The van der Waals surface area contributed by atoms with E-state index in [2.05, 4.69) is 20.6 Å². The molecule has 0 spiro atoms. The first-order valence-electron chi connectivity index (χ1n) is 8.11. The van der Waals surface area contributed by atoms with Crippen LogP contribution < -0.4 is 16.2 Å². The van der Waals surface area contributed by atoms with Crippen LogP contribution in [0.15, 0.2) is 34.2 Å². The first-order chi connectivity index (χ1) is 12.5. The SMILES string of the molecule is CCCSc1nc2c(c(=O)[nH]1)C(C(=O)Nc1cccc(F)c1)CC(=O)N2. The Balaban J connectivity index is 1.91. The van der Waals surface area contributed by atoms with E-state index in [1.807, 2.05) is 6.92 Å². The molecule has 2 amide bonds. The lowest BCUT2D eigenvalue weighted by Crippen LogP contribution is -2.36. The summed E-state index contributed by atoms with van der Waals surface area (Å²) in [5.74, 6) is -1.60. The fourth-order valence-electron chi connectivity index (χ4n) is 2.64. The van der Waals surface area contributed by atoms with Gasteiger partial charge in [-0.2, -0.15) is 0 Å². The Hall–Kier alpha value is -2.68. The van der Waals surface area contributed by atoms with Gasteiger partial charge in [0.05, 0.1) is 11.5 Å². The molecule has 136 valence electrons. The van der Waals surface area contributed by atoms with Crippen LogP contribution in [0.5, 0.6) is 0 Å². The quantitative estimate of drug-likeness (QED) is 0.549. The molecule has 9 heteroatoms. The van der Waals surface area contributed by atoms with Gasteiger partial charge in [0.2, 0.25) is 11.8 Å². The summed E-state index contributed by atoms with van der Waals surface area (Å²) in [4.78, 5) is 43.9. The number of anilines is 2. The number of halogens is 1. The summed E-state index contributed by atoms with van der Waals surface area (Å²) < 4.78 is 13.3. The number of rotatable bonds is 5. The number of carbonyl (C=O) groups is 2. The number of benzene rings is 1. The maximum absolute atomic E-state index is 13.3. The Morgan fingerprint density at radius 3 is 2.96 bits per heavy atom. The number of thioether (sulfide) groups is 1. The molecular weight excluding hydrogens is 359 g/mol. The predicted octanol–water partition coefficient (Wildman–Crippen LogP) is 2.48. The van der Waals surface area contributed by atoms with Crippen molar-refractivity contribution >= 4 is 35.1 Å². The van der Waals surface area contributed by atoms with Crippen LogP contribution in [-0.2, 0) is 9.59 Å². The molecule has 1 aliphatic heterocycles. The van der Waals surface area contributed by atoms with Crippen molar-refractivity contribution in [3.05, 3.63) is 46.0 Å². The molecule has 1 aromatic heterocycles. The van der Waals surface area contributed by atoms with Crippen molar-refractivity contribution in [1.82, 2.24) is 9.97 Å². The second kappa shape index (κ2) is 7.69. The lowest BCUT2D eigenvalue weighted by Gasteiger charge is -2.23. The molecule has 1 atom stereocenters. The molecular formula is C17H17FN4O3S. The van der Waals surface area contributed by atoms with Gasteiger partial charge in [0.25, 0.3) is 5.56 Å². The van der Waals surface area contributed by atoms with Gasteiger partial charge in [-0.3, -0.25) is 14.4 Å². The molecule has 7 nitrogen and oxygen atoms in total. The summed E-state index contributed by atoms with van der Waals surface area (Å²) in [6.45, 7) is 2.00. The van der Waals surface area contributed by atoms with Gasteiger partial charge in [-0.15, -0.1) is 0 Å². The number of aromatic nitrogens is 2. The van der Waals surface area contributed by atoms with Crippen LogP contribution in [0.3, 0.4) is 0 Å². The van der Waals surface area contributed by atoms with Crippen LogP contribution in [0.2, 0.25) is 0 Å². The van der Waals surface area contributed by atoms with Gasteiger partial charge in [-0.25, -0.2) is 9.37 Å². The Labute approximate surface area is 152 Å². The van der Waals surface area contributed by atoms with E-state index in [9.17, 15) is 18.8 Å². The molecule has 0 saturated carbocycles. The highest BCUT2D eigenvalue weighted by Gasteiger charge is 2.34. The smallest absolute Gasteiger partial charge is 0.257 e. The molecule has 1 aromatic carbocycles. The van der Waals surface area contributed by atoms with Crippen molar-refractivity contribution in [2.75, 3.05) is 16.4 Å². The van der Waals surface area contributed by atoms with Gasteiger partial charge in [-0.05, 0) is 24.6 Å². The fourth-order valence-corrected chi connectivity index (χ4v) is 3.36. The van der Waals surface area contributed by atoms with Crippen molar-refractivity contribution in [2.24, 2.45) is 0 Å². The van der Waals surface area contributed by atoms with Crippen LogP contribution in [0, 0.1) is 5.82 Å². The molecule has 0 saturated heterocycles. The van der Waals surface area contributed by atoms with Gasteiger partial charge >= 0.3 is 0 Å². The Morgan fingerprint density at radius 2 is 2.23 bits per heavy atom. The topological polar surface area (TPSA) is 104 Å². The van der Waals surface area contributed by atoms with Crippen molar-refractivity contribution in [1.29, 1.82) is 0 Å². The van der Waals surface area contributed by atoms with E-state index in [1.165, 1.54) is 30.0 Å². The fraction of sp³-hybridized carbons (Fsp3) is 0.294. The lowest BCUT2D eigenvalue weighted by molar-refractivity contribution is -0.123. The maximum atomic E-state index is 13.3. The molecule has 0 bridgehead atoms. The lowest BCUT2D eigenvalue weighted by atomic mass is 9.92. The largest absolute Gasteiger partial charge is 0.325 e. The third-order valence-electron chi connectivity index (χ3n) is 3.78. The zero-order chi connectivity index (χ0) is 18.7. The summed E-state index contributed by atoms with van der Waals surface area (Å²) in [6, 6.07) is 5.40. The minimum absolute atomic E-state index is 0.1000. The molecule has 2 aromatic rings. The van der Waals surface area contributed by atoms with Crippen LogP contribution in [-0.4, -0.2) is 27.5 Å². The number of hydrogen-bond donors (Lipinski definition) is 3. The first kappa shape index (κ1) is 18.1. The number of H-pyrrole nitrogens is 1. The third kappa shape index (κ3) is 3.93. The van der Waals surface area contributed by atoms with E-state index in [-0.39, 0.29) is 23.5 Å². The summed E-state index contributed by atoms with van der Waals surface area (Å²) in [6.07, 6.45) is 0.719. The molecule has 3 N–H and O–H groups in total. The van der Waals surface area contributed by atoms with Crippen LogP contribution in [0.25, 0.3) is 0 Å². The van der Waals surface area contributed by atoms with E-state index in [1.54, 1.807) is 0 Å². The molecule has 2 heterocycles. The molecule has 0 aliphatic carbocycles.